The number of carbonyl (C=O) groups excluding carboxylic acids is 1. The fourth-order valence-corrected chi connectivity index (χ4v) is 2.65. The van der Waals surface area contributed by atoms with Gasteiger partial charge in [0.2, 0.25) is 0 Å². The molecule has 112 valence electrons. The minimum Gasteiger partial charge on any atom is -0.508 e. The maximum atomic E-state index is 12.4. The summed E-state index contributed by atoms with van der Waals surface area (Å²) in [6.45, 7) is 0. The third-order valence-corrected chi connectivity index (χ3v) is 3.77. The van der Waals surface area contributed by atoms with Crippen LogP contribution in [0.15, 0.2) is 42.0 Å². The van der Waals surface area contributed by atoms with Crippen LogP contribution in [0.3, 0.4) is 0 Å². The van der Waals surface area contributed by atoms with Crippen LogP contribution in [0.4, 0.5) is 0 Å². The maximum Gasteiger partial charge on any atom is 0.189 e. The Morgan fingerprint density at radius 1 is 1.09 bits per heavy atom. The molecule has 2 aromatic carbocycles. The topological polar surface area (TPSA) is 55.8 Å². The van der Waals surface area contributed by atoms with Crippen molar-refractivity contribution in [2.45, 2.75) is 6.42 Å². The summed E-state index contributed by atoms with van der Waals surface area (Å²) in [6, 6.07) is 10.5. The number of aromatic hydroxyl groups is 1. The summed E-state index contributed by atoms with van der Waals surface area (Å²) >= 11 is 0. The molecule has 0 atom stereocenters. The average Bonchev–Trinajstić information content (AvgIpc) is 2.85. The zero-order chi connectivity index (χ0) is 15.7. The molecule has 1 aliphatic carbocycles. The van der Waals surface area contributed by atoms with Gasteiger partial charge in [-0.05, 0) is 29.8 Å². The quantitative estimate of drug-likeness (QED) is 0.884. The molecule has 0 spiro atoms. The van der Waals surface area contributed by atoms with Crippen molar-refractivity contribution in [1.29, 1.82) is 0 Å². The molecule has 0 saturated carbocycles. The van der Waals surface area contributed by atoms with Gasteiger partial charge in [-0.15, -0.1) is 0 Å². The lowest BCUT2D eigenvalue weighted by molar-refractivity contribution is 0.104. The average molecular weight is 296 g/mol. The molecule has 4 nitrogen and oxygen atoms in total. The highest BCUT2D eigenvalue weighted by atomic mass is 16.5. The van der Waals surface area contributed by atoms with E-state index in [0.29, 0.717) is 34.6 Å². The normalized spacial score (nSPS) is 15.0. The van der Waals surface area contributed by atoms with Crippen LogP contribution in [-0.4, -0.2) is 25.1 Å². The van der Waals surface area contributed by atoms with Crippen molar-refractivity contribution in [1.82, 2.24) is 0 Å². The van der Waals surface area contributed by atoms with E-state index in [-0.39, 0.29) is 11.5 Å². The molecule has 0 unspecified atom stereocenters. The largest absolute Gasteiger partial charge is 0.508 e. The van der Waals surface area contributed by atoms with E-state index < -0.39 is 0 Å². The van der Waals surface area contributed by atoms with E-state index in [1.54, 1.807) is 38.5 Å². The summed E-state index contributed by atoms with van der Waals surface area (Å²) in [5, 5.41) is 9.88. The predicted molar refractivity (Wildman–Crippen MR) is 83.7 cm³/mol. The van der Waals surface area contributed by atoms with Crippen molar-refractivity contribution in [3.05, 3.63) is 58.7 Å². The van der Waals surface area contributed by atoms with Crippen molar-refractivity contribution >= 4 is 11.9 Å². The van der Waals surface area contributed by atoms with Gasteiger partial charge in [-0.2, -0.15) is 0 Å². The van der Waals surface area contributed by atoms with E-state index >= 15 is 0 Å². The lowest BCUT2D eigenvalue weighted by atomic mass is 10.1. The van der Waals surface area contributed by atoms with E-state index in [9.17, 15) is 9.90 Å². The molecule has 0 aromatic heterocycles. The third kappa shape index (κ3) is 2.44. The van der Waals surface area contributed by atoms with Crippen LogP contribution in [0.2, 0.25) is 0 Å². The summed E-state index contributed by atoms with van der Waals surface area (Å²) in [7, 11) is 3.17. The highest BCUT2D eigenvalue weighted by Crippen LogP contribution is 2.34. The van der Waals surface area contributed by atoms with Crippen LogP contribution in [0.5, 0.6) is 17.2 Å². The van der Waals surface area contributed by atoms with Crippen molar-refractivity contribution in [3.8, 4) is 17.2 Å². The van der Waals surface area contributed by atoms with Gasteiger partial charge in [0, 0.05) is 29.2 Å². The minimum atomic E-state index is -0.0484. The molecule has 0 saturated heterocycles. The van der Waals surface area contributed by atoms with Gasteiger partial charge in [-0.3, -0.25) is 4.79 Å². The summed E-state index contributed by atoms with van der Waals surface area (Å²) < 4.78 is 10.5. The molecule has 0 amide bonds. The number of benzene rings is 2. The lowest BCUT2D eigenvalue weighted by Crippen LogP contribution is -1.95. The second-order valence-corrected chi connectivity index (χ2v) is 5.12. The maximum absolute atomic E-state index is 12.4. The molecule has 3 rings (SSSR count). The van der Waals surface area contributed by atoms with Crippen LogP contribution in [0.25, 0.3) is 6.08 Å². The molecule has 2 aromatic rings. The summed E-state index contributed by atoms with van der Waals surface area (Å²) in [6.07, 6.45) is 2.24. The molecular formula is C18H16O4. The summed E-state index contributed by atoms with van der Waals surface area (Å²) in [5.41, 5.74) is 2.73. The Morgan fingerprint density at radius 3 is 2.36 bits per heavy atom. The molecular weight excluding hydrogens is 280 g/mol. The monoisotopic (exact) mass is 296 g/mol. The molecule has 0 aliphatic heterocycles. The van der Waals surface area contributed by atoms with E-state index in [1.165, 1.54) is 0 Å². The SMILES string of the molecule is COc1cc(/C=C2\Cc3c(O)cccc3C2=O)cc(OC)c1. The molecule has 22 heavy (non-hydrogen) atoms. The van der Waals surface area contributed by atoms with Crippen LogP contribution >= 0.6 is 0 Å². The van der Waals surface area contributed by atoms with Crippen LogP contribution in [0.1, 0.15) is 21.5 Å². The number of ether oxygens (including phenoxy) is 2. The first-order valence-electron chi connectivity index (χ1n) is 6.91. The highest BCUT2D eigenvalue weighted by Gasteiger charge is 2.26. The Bertz CT molecular complexity index is 752. The standard InChI is InChI=1S/C18H16O4/c1-21-13-7-11(8-14(10-13)22-2)6-12-9-16-15(18(12)20)4-3-5-17(16)19/h3-8,10,19H,9H2,1-2H3/b12-6+. The fraction of sp³-hybridized carbons (Fsp3) is 0.167. The number of phenols is 1. The second-order valence-electron chi connectivity index (χ2n) is 5.12. The van der Waals surface area contributed by atoms with Gasteiger partial charge < -0.3 is 14.6 Å². The lowest BCUT2D eigenvalue weighted by Gasteiger charge is -2.06. The van der Waals surface area contributed by atoms with Gasteiger partial charge in [-0.1, -0.05) is 12.1 Å². The van der Waals surface area contributed by atoms with Gasteiger partial charge in [0.1, 0.15) is 17.2 Å². The molecule has 0 bridgehead atoms. The molecule has 1 aliphatic rings. The summed E-state index contributed by atoms with van der Waals surface area (Å²) in [4.78, 5) is 12.4. The number of ketones is 1. The van der Waals surface area contributed by atoms with Crippen LogP contribution in [0, 0.1) is 0 Å². The number of methoxy groups -OCH3 is 2. The number of hydrogen-bond acceptors (Lipinski definition) is 4. The van der Waals surface area contributed by atoms with E-state index in [1.807, 2.05) is 18.2 Å². The van der Waals surface area contributed by atoms with Crippen LogP contribution < -0.4 is 9.47 Å². The van der Waals surface area contributed by atoms with E-state index in [0.717, 1.165) is 5.56 Å². The number of hydrogen-bond donors (Lipinski definition) is 1. The van der Waals surface area contributed by atoms with E-state index in [4.69, 9.17) is 9.47 Å². The second kappa shape index (κ2) is 5.56. The van der Waals surface area contributed by atoms with Crippen molar-refractivity contribution in [2.24, 2.45) is 0 Å². The Labute approximate surface area is 128 Å². The van der Waals surface area contributed by atoms with Gasteiger partial charge >= 0.3 is 0 Å². The smallest absolute Gasteiger partial charge is 0.189 e. The molecule has 4 heteroatoms. The first-order valence-corrected chi connectivity index (χ1v) is 6.91. The molecule has 0 fully saturated rings. The van der Waals surface area contributed by atoms with Gasteiger partial charge in [0.15, 0.2) is 5.78 Å². The molecule has 0 radical (unpaired) electrons. The number of Topliss-reactive ketones (excluding diaryl/α,β-unsaturated/α-hetero) is 1. The Morgan fingerprint density at radius 2 is 1.77 bits per heavy atom. The summed E-state index contributed by atoms with van der Waals surface area (Å²) in [5.74, 6) is 1.44. The van der Waals surface area contributed by atoms with Gasteiger partial charge in [0.05, 0.1) is 14.2 Å². The van der Waals surface area contributed by atoms with Crippen molar-refractivity contribution < 1.29 is 19.4 Å². The number of carbonyl (C=O) groups is 1. The Kier molecular flexibility index (Phi) is 3.59. The van der Waals surface area contributed by atoms with Crippen molar-refractivity contribution in [2.75, 3.05) is 14.2 Å². The third-order valence-electron chi connectivity index (χ3n) is 3.77. The number of rotatable bonds is 3. The van der Waals surface area contributed by atoms with Crippen LogP contribution in [-0.2, 0) is 6.42 Å². The highest BCUT2D eigenvalue weighted by molar-refractivity contribution is 6.16. The van der Waals surface area contributed by atoms with Gasteiger partial charge in [-0.25, -0.2) is 0 Å². The Hall–Kier alpha value is -2.75. The number of phenolic OH excluding ortho intramolecular Hbond substituents is 1. The predicted octanol–water partition coefficient (Wildman–Crippen LogP) is 3.23. The Balaban J connectivity index is 2.01. The molecule has 0 heterocycles. The first kappa shape index (κ1) is 14.2. The fourth-order valence-electron chi connectivity index (χ4n) is 2.65. The zero-order valence-electron chi connectivity index (χ0n) is 12.4. The number of allylic oxidation sites excluding steroid dienone is 1. The van der Waals surface area contributed by atoms with Crippen molar-refractivity contribution in [3.63, 3.8) is 0 Å². The minimum absolute atomic E-state index is 0.0484. The zero-order valence-corrected chi connectivity index (χ0v) is 12.4. The first-order chi connectivity index (χ1) is 10.6. The van der Waals surface area contributed by atoms with Gasteiger partial charge in [0.25, 0.3) is 0 Å². The number of fused-ring (bicyclic) bond motifs is 1. The molecule has 1 N–H and O–H groups in total. The van der Waals surface area contributed by atoms with E-state index in [2.05, 4.69) is 0 Å².